The van der Waals surface area contributed by atoms with E-state index in [9.17, 15) is 9.59 Å². The van der Waals surface area contributed by atoms with Gasteiger partial charge in [0.15, 0.2) is 0 Å². The molecule has 15 heavy (non-hydrogen) atoms. The Morgan fingerprint density at radius 3 is 2.60 bits per heavy atom. The number of anilines is 1. The zero-order valence-electron chi connectivity index (χ0n) is 8.96. The zero-order valence-corrected chi connectivity index (χ0v) is 8.96. The van der Waals surface area contributed by atoms with Crippen molar-refractivity contribution in [3.05, 3.63) is 28.6 Å². The molecule has 1 rings (SSSR count). The first kappa shape index (κ1) is 11.3. The van der Waals surface area contributed by atoms with Gasteiger partial charge in [0, 0.05) is 6.07 Å². The minimum Gasteiger partial charge on any atom is -0.444 e. The zero-order chi connectivity index (χ0) is 11.5. The van der Waals surface area contributed by atoms with Crippen molar-refractivity contribution in [2.75, 3.05) is 5.32 Å². The lowest BCUT2D eigenvalue weighted by atomic mass is 10.2. The Balaban J connectivity index is 2.63. The number of pyridine rings is 1. The number of hydrogen-bond acceptors (Lipinski definition) is 3. The van der Waals surface area contributed by atoms with Crippen LogP contribution in [0, 0.1) is 0 Å². The predicted molar refractivity (Wildman–Crippen MR) is 56.9 cm³/mol. The van der Waals surface area contributed by atoms with E-state index in [1.54, 1.807) is 32.9 Å². The number of ether oxygens (including phenoxy) is 1. The van der Waals surface area contributed by atoms with Crippen molar-refractivity contribution in [2.24, 2.45) is 0 Å². The maximum Gasteiger partial charge on any atom is 0.413 e. The molecule has 0 aromatic carbocycles. The minimum absolute atomic E-state index is 0.274. The largest absolute Gasteiger partial charge is 0.444 e. The molecule has 1 aromatic heterocycles. The highest BCUT2D eigenvalue weighted by atomic mass is 16.6. The van der Waals surface area contributed by atoms with Gasteiger partial charge in [-0.1, -0.05) is 6.07 Å². The molecule has 0 aliphatic heterocycles. The maximum atomic E-state index is 11.3. The summed E-state index contributed by atoms with van der Waals surface area (Å²) in [6.07, 6.45) is -0.593. The van der Waals surface area contributed by atoms with Crippen molar-refractivity contribution in [1.82, 2.24) is 4.98 Å². The number of H-pyrrole nitrogens is 1. The Hall–Kier alpha value is -1.78. The molecule has 1 aromatic rings. The summed E-state index contributed by atoms with van der Waals surface area (Å²) in [7, 11) is 0. The van der Waals surface area contributed by atoms with E-state index in [1.165, 1.54) is 6.07 Å². The lowest BCUT2D eigenvalue weighted by Gasteiger charge is -2.19. The van der Waals surface area contributed by atoms with Crippen LogP contribution in [0.2, 0.25) is 0 Å². The van der Waals surface area contributed by atoms with Crippen molar-refractivity contribution >= 4 is 11.9 Å². The third kappa shape index (κ3) is 4.30. The molecular weight excluding hydrogens is 196 g/mol. The molecule has 5 nitrogen and oxygen atoms in total. The fourth-order valence-corrected chi connectivity index (χ4v) is 0.934. The van der Waals surface area contributed by atoms with E-state index >= 15 is 0 Å². The van der Waals surface area contributed by atoms with Gasteiger partial charge >= 0.3 is 6.09 Å². The first-order chi connectivity index (χ1) is 6.87. The molecule has 0 atom stereocenters. The molecule has 0 bridgehead atoms. The lowest BCUT2D eigenvalue weighted by Crippen LogP contribution is -2.28. The molecule has 2 N–H and O–H groups in total. The Kier molecular flexibility index (Phi) is 3.14. The summed E-state index contributed by atoms with van der Waals surface area (Å²) < 4.78 is 5.01. The van der Waals surface area contributed by atoms with Gasteiger partial charge < -0.3 is 9.72 Å². The number of rotatable bonds is 1. The van der Waals surface area contributed by atoms with Gasteiger partial charge in [-0.15, -0.1) is 0 Å². The van der Waals surface area contributed by atoms with Gasteiger partial charge in [-0.05, 0) is 26.8 Å². The minimum atomic E-state index is -0.593. The Bertz CT molecular complexity index is 404. The second kappa shape index (κ2) is 4.16. The van der Waals surface area contributed by atoms with E-state index in [0.29, 0.717) is 5.82 Å². The van der Waals surface area contributed by atoms with Crippen molar-refractivity contribution in [3.8, 4) is 0 Å². The van der Waals surface area contributed by atoms with Gasteiger partial charge in [-0.3, -0.25) is 10.1 Å². The average molecular weight is 210 g/mol. The van der Waals surface area contributed by atoms with Crippen LogP contribution in [0.15, 0.2) is 23.0 Å². The van der Waals surface area contributed by atoms with Crippen LogP contribution in [0.3, 0.4) is 0 Å². The summed E-state index contributed by atoms with van der Waals surface area (Å²) in [4.78, 5) is 24.6. The van der Waals surface area contributed by atoms with Crippen LogP contribution in [0.1, 0.15) is 20.8 Å². The van der Waals surface area contributed by atoms with E-state index in [0.717, 1.165) is 0 Å². The van der Waals surface area contributed by atoms with Crippen molar-refractivity contribution in [3.63, 3.8) is 0 Å². The Morgan fingerprint density at radius 2 is 2.07 bits per heavy atom. The number of aromatic amines is 1. The summed E-state index contributed by atoms with van der Waals surface area (Å²) in [6, 6.07) is 4.48. The fraction of sp³-hybridized carbons (Fsp3) is 0.400. The molecule has 0 aliphatic rings. The van der Waals surface area contributed by atoms with E-state index < -0.39 is 11.7 Å². The normalized spacial score (nSPS) is 10.9. The molecule has 1 amide bonds. The number of nitrogens with one attached hydrogen (secondary N) is 2. The van der Waals surface area contributed by atoms with Crippen molar-refractivity contribution in [1.29, 1.82) is 0 Å². The summed E-state index contributed by atoms with van der Waals surface area (Å²) >= 11 is 0. The smallest absolute Gasteiger partial charge is 0.413 e. The van der Waals surface area contributed by atoms with Gasteiger partial charge in [0.05, 0.1) is 0 Å². The first-order valence-corrected chi connectivity index (χ1v) is 4.56. The van der Waals surface area contributed by atoms with E-state index in [2.05, 4.69) is 10.3 Å². The number of aromatic nitrogens is 1. The summed E-state index contributed by atoms with van der Waals surface area (Å²) in [5.41, 5.74) is -0.831. The van der Waals surface area contributed by atoms with Gasteiger partial charge in [0.1, 0.15) is 11.4 Å². The summed E-state index contributed by atoms with van der Waals surface area (Å²) in [6.45, 7) is 5.29. The molecular formula is C10H14N2O3. The highest BCUT2D eigenvalue weighted by Gasteiger charge is 2.16. The molecule has 1 heterocycles. The first-order valence-electron chi connectivity index (χ1n) is 4.56. The van der Waals surface area contributed by atoms with Gasteiger partial charge in [-0.25, -0.2) is 4.79 Å². The lowest BCUT2D eigenvalue weighted by molar-refractivity contribution is 0.0635. The predicted octanol–water partition coefficient (Wildman–Crippen LogP) is 1.72. The van der Waals surface area contributed by atoms with E-state index in [1.807, 2.05) is 0 Å². The van der Waals surface area contributed by atoms with Crippen LogP contribution in [0.4, 0.5) is 10.6 Å². The van der Waals surface area contributed by atoms with Crippen LogP contribution in [0.5, 0.6) is 0 Å². The van der Waals surface area contributed by atoms with Crippen LogP contribution in [-0.4, -0.2) is 16.7 Å². The number of amides is 1. The average Bonchev–Trinajstić information content (AvgIpc) is 1.99. The molecule has 0 radical (unpaired) electrons. The van der Waals surface area contributed by atoms with E-state index in [4.69, 9.17) is 4.74 Å². The number of carbonyl (C=O) groups excluding carboxylic acids is 1. The molecule has 0 saturated heterocycles. The highest BCUT2D eigenvalue weighted by Crippen LogP contribution is 2.08. The quantitative estimate of drug-likeness (QED) is 0.741. The molecule has 0 unspecified atom stereocenters. The Morgan fingerprint density at radius 1 is 1.40 bits per heavy atom. The van der Waals surface area contributed by atoms with Crippen molar-refractivity contribution < 1.29 is 9.53 Å². The third-order valence-corrected chi connectivity index (χ3v) is 1.40. The molecule has 0 aliphatic carbocycles. The fourth-order valence-electron chi connectivity index (χ4n) is 0.934. The van der Waals surface area contributed by atoms with Crippen LogP contribution >= 0.6 is 0 Å². The SMILES string of the molecule is CC(C)(C)OC(=O)Nc1cccc(=O)[nH]1. The van der Waals surface area contributed by atoms with Crippen LogP contribution in [0.25, 0.3) is 0 Å². The van der Waals surface area contributed by atoms with Gasteiger partial charge in [0.25, 0.3) is 0 Å². The second-order valence-corrected chi connectivity index (χ2v) is 4.06. The molecule has 0 fully saturated rings. The molecule has 5 heteroatoms. The summed E-state index contributed by atoms with van der Waals surface area (Å²) in [5.74, 6) is 0.316. The second-order valence-electron chi connectivity index (χ2n) is 4.06. The maximum absolute atomic E-state index is 11.3. The summed E-state index contributed by atoms with van der Waals surface area (Å²) in [5, 5.41) is 2.42. The number of carbonyl (C=O) groups is 1. The van der Waals surface area contributed by atoms with Gasteiger partial charge in [-0.2, -0.15) is 0 Å². The highest BCUT2D eigenvalue weighted by molar-refractivity contribution is 5.83. The molecule has 0 saturated carbocycles. The van der Waals surface area contributed by atoms with Gasteiger partial charge in [0.2, 0.25) is 5.56 Å². The molecule has 82 valence electrons. The number of hydrogen-bond donors (Lipinski definition) is 2. The monoisotopic (exact) mass is 210 g/mol. The third-order valence-electron chi connectivity index (χ3n) is 1.40. The molecule has 0 spiro atoms. The van der Waals surface area contributed by atoms with Crippen LogP contribution in [-0.2, 0) is 4.74 Å². The van der Waals surface area contributed by atoms with Crippen molar-refractivity contribution in [2.45, 2.75) is 26.4 Å². The van der Waals surface area contributed by atoms with E-state index in [-0.39, 0.29) is 5.56 Å². The topological polar surface area (TPSA) is 71.2 Å². The van der Waals surface area contributed by atoms with Crippen LogP contribution < -0.4 is 10.9 Å². The Labute approximate surface area is 87.5 Å². The standard InChI is InChI=1S/C10H14N2O3/c1-10(2,3)15-9(14)12-7-5-4-6-8(13)11-7/h4-6H,1-3H3,(H2,11,12,13,14).